The van der Waals surface area contributed by atoms with Crippen LogP contribution >= 0.6 is 0 Å². The largest absolute Gasteiger partial charge is 0.480 e. The Labute approximate surface area is 108 Å². The van der Waals surface area contributed by atoms with Gasteiger partial charge >= 0.3 is 5.97 Å². The molecule has 1 aliphatic rings. The zero-order chi connectivity index (χ0) is 13.8. The highest BCUT2D eigenvalue weighted by molar-refractivity contribution is 5.86. The summed E-state index contributed by atoms with van der Waals surface area (Å²) in [6, 6.07) is -0.362. The van der Waals surface area contributed by atoms with E-state index in [0.29, 0.717) is 0 Å². The van der Waals surface area contributed by atoms with Gasteiger partial charge in [0, 0.05) is 0 Å². The van der Waals surface area contributed by atoms with Crippen LogP contribution in [0.3, 0.4) is 0 Å². The number of terminal acetylenes is 1. The summed E-state index contributed by atoms with van der Waals surface area (Å²) in [6.07, 6.45) is 7.14. The molecule has 0 aliphatic carbocycles. The van der Waals surface area contributed by atoms with Crippen molar-refractivity contribution in [3.05, 3.63) is 0 Å². The van der Waals surface area contributed by atoms with Gasteiger partial charge in [0.25, 0.3) is 0 Å². The number of hydrogen-bond donors (Lipinski definition) is 2. The first kappa shape index (κ1) is 14.5. The number of aliphatic carboxylic acids is 1. The van der Waals surface area contributed by atoms with Crippen molar-refractivity contribution in [2.75, 3.05) is 19.6 Å². The molecule has 1 aliphatic heterocycles. The summed E-state index contributed by atoms with van der Waals surface area (Å²) in [5, 5.41) is 12.0. The van der Waals surface area contributed by atoms with Crippen LogP contribution in [0.25, 0.3) is 0 Å². The van der Waals surface area contributed by atoms with Gasteiger partial charge in [-0.3, -0.25) is 9.59 Å². The lowest BCUT2D eigenvalue weighted by Gasteiger charge is -2.40. The van der Waals surface area contributed by atoms with Crippen molar-refractivity contribution in [3.8, 4) is 12.3 Å². The highest BCUT2D eigenvalue weighted by Gasteiger charge is 2.39. The highest BCUT2D eigenvalue weighted by atomic mass is 16.4. The van der Waals surface area contributed by atoms with Crippen molar-refractivity contribution in [2.45, 2.75) is 32.7 Å². The Kier molecular flexibility index (Phi) is 4.74. The Morgan fingerprint density at radius 2 is 2.22 bits per heavy atom. The van der Waals surface area contributed by atoms with Gasteiger partial charge in [0.2, 0.25) is 5.91 Å². The number of carboxylic acids is 1. The minimum absolute atomic E-state index is 0.0272. The molecule has 2 N–H and O–H groups in total. The van der Waals surface area contributed by atoms with Gasteiger partial charge < -0.3 is 15.3 Å². The molecule has 1 unspecified atom stereocenters. The topological polar surface area (TPSA) is 69.6 Å². The van der Waals surface area contributed by atoms with E-state index in [1.54, 1.807) is 0 Å². The molecular formula is C13H20N2O3. The van der Waals surface area contributed by atoms with Crippen LogP contribution in [-0.2, 0) is 9.59 Å². The Balaban J connectivity index is 2.81. The number of nitrogens with zero attached hydrogens (tertiary/aromatic N) is 1. The Bertz CT molecular complexity index is 371. The fourth-order valence-electron chi connectivity index (χ4n) is 2.30. The maximum atomic E-state index is 12.3. The SMILES string of the molecule is C#CCN(CC(=O)O)C(=O)C1NCCCC1(C)C. The zero-order valence-electron chi connectivity index (χ0n) is 10.9. The van der Waals surface area contributed by atoms with Crippen LogP contribution in [0.15, 0.2) is 0 Å². The average molecular weight is 252 g/mol. The fourth-order valence-corrected chi connectivity index (χ4v) is 2.30. The third-order valence-corrected chi connectivity index (χ3v) is 3.29. The molecule has 1 rings (SSSR count). The molecule has 0 spiro atoms. The highest BCUT2D eigenvalue weighted by Crippen LogP contribution is 2.31. The quantitative estimate of drug-likeness (QED) is 0.707. The second-order valence-corrected chi connectivity index (χ2v) is 5.27. The number of nitrogens with one attached hydrogen (secondary N) is 1. The summed E-state index contributed by atoms with van der Waals surface area (Å²) in [7, 11) is 0. The summed E-state index contributed by atoms with van der Waals surface area (Å²) in [5.41, 5.74) is -0.180. The van der Waals surface area contributed by atoms with E-state index in [9.17, 15) is 9.59 Å². The van der Waals surface area contributed by atoms with E-state index in [-0.39, 0.29) is 30.5 Å². The van der Waals surface area contributed by atoms with E-state index in [2.05, 4.69) is 11.2 Å². The molecule has 0 saturated carbocycles. The van der Waals surface area contributed by atoms with E-state index >= 15 is 0 Å². The summed E-state index contributed by atoms with van der Waals surface area (Å²) >= 11 is 0. The predicted octanol–water partition coefficient (Wildman–Crippen LogP) is 0.311. The van der Waals surface area contributed by atoms with Crippen molar-refractivity contribution in [1.82, 2.24) is 10.2 Å². The van der Waals surface area contributed by atoms with Crippen molar-refractivity contribution in [1.29, 1.82) is 0 Å². The first-order valence-corrected chi connectivity index (χ1v) is 6.06. The predicted molar refractivity (Wildman–Crippen MR) is 67.9 cm³/mol. The lowest BCUT2D eigenvalue weighted by Crippen LogP contribution is -2.57. The molecule has 5 nitrogen and oxygen atoms in total. The monoisotopic (exact) mass is 252 g/mol. The first-order valence-electron chi connectivity index (χ1n) is 6.06. The standard InChI is InChI=1S/C13H20N2O3/c1-4-8-15(9-10(16)17)12(18)11-13(2,3)6-5-7-14-11/h1,11,14H,5-9H2,2-3H3,(H,16,17). The van der Waals surface area contributed by atoms with Crippen LogP contribution in [0.5, 0.6) is 0 Å². The number of hydrogen-bond acceptors (Lipinski definition) is 3. The van der Waals surface area contributed by atoms with Gasteiger partial charge in [0.15, 0.2) is 0 Å². The Morgan fingerprint density at radius 1 is 1.56 bits per heavy atom. The maximum absolute atomic E-state index is 12.3. The second-order valence-electron chi connectivity index (χ2n) is 5.27. The Hall–Kier alpha value is -1.54. The van der Waals surface area contributed by atoms with Crippen LogP contribution < -0.4 is 5.32 Å². The molecule has 1 fully saturated rings. The summed E-state index contributed by atoms with van der Waals surface area (Å²) in [4.78, 5) is 24.3. The van der Waals surface area contributed by atoms with Crippen LogP contribution in [0, 0.1) is 17.8 Å². The molecule has 100 valence electrons. The molecule has 0 aromatic carbocycles. The van der Waals surface area contributed by atoms with E-state index in [1.165, 1.54) is 4.90 Å². The summed E-state index contributed by atoms with van der Waals surface area (Å²) < 4.78 is 0. The number of carbonyl (C=O) groups is 2. The second kappa shape index (κ2) is 5.87. The smallest absolute Gasteiger partial charge is 0.323 e. The molecule has 1 heterocycles. The molecule has 1 atom stereocenters. The van der Waals surface area contributed by atoms with Gasteiger partial charge in [-0.2, -0.15) is 0 Å². The van der Waals surface area contributed by atoms with Gasteiger partial charge in [-0.25, -0.2) is 0 Å². The van der Waals surface area contributed by atoms with Crippen LogP contribution in [0.1, 0.15) is 26.7 Å². The van der Waals surface area contributed by atoms with Crippen LogP contribution in [-0.4, -0.2) is 47.6 Å². The van der Waals surface area contributed by atoms with E-state index in [0.717, 1.165) is 19.4 Å². The lowest BCUT2D eigenvalue weighted by atomic mass is 9.77. The molecule has 0 aromatic rings. The molecule has 1 saturated heterocycles. The zero-order valence-corrected chi connectivity index (χ0v) is 10.9. The van der Waals surface area contributed by atoms with E-state index < -0.39 is 5.97 Å². The number of amides is 1. The number of rotatable bonds is 4. The molecule has 0 aromatic heterocycles. The molecule has 18 heavy (non-hydrogen) atoms. The molecule has 0 bridgehead atoms. The lowest BCUT2D eigenvalue weighted by molar-refractivity contribution is -0.146. The third-order valence-electron chi connectivity index (χ3n) is 3.29. The van der Waals surface area contributed by atoms with Gasteiger partial charge in [-0.05, 0) is 24.8 Å². The van der Waals surface area contributed by atoms with E-state index in [4.69, 9.17) is 11.5 Å². The molecular weight excluding hydrogens is 232 g/mol. The summed E-state index contributed by atoms with van der Waals surface area (Å²) in [6.45, 7) is 4.47. The van der Waals surface area contributed by atoms with Crippen LogP contribution in [0.4, 0.5) is 0 Å². The molecule has 1 amide bonds. The number of carboxylic acid groups (broad SMARTS) is 1. The normalized spacial score (nSPS) is 21.9. The van der Waals surface area contributed by atoms with Gasteiger partial charge in [0.05, 0.1) is 12.6 Å². The van der Waals surface area contributed by atoms with Crippen molar-refractivity contribution >= 4 is 11.9 Å². The maximum Gasteiger partial charge on any atom is 0.323 e. The van der Waals surface area contributed by atoms with Crippen molar-refractivity contribution < 1.29 is 14.7 Å². The third kappa shape index (κ3) is 3.47. The minimum atomic E-state index is -1.05. The van der Waals surface area contributed by atoms with Crippen molar-refractivity contribution in [3.63, 3.8) is 0 Å². The van der Waals surface area contributed by atoms with Gasteiger partial charge in [-0.15, -0.1) is 6.42 Å². The van der Waals surface area contributed by atoms with Crippen LogP contribution in [0.2, 0.25) is 0 Å². The molecule has 0 radical (unpaired) electrons. The number of carbonyl (C=O) groups excluding carboxylic acids is 1. The van der Waals surface area contributed by atoms with Gasteiger partial charge in [-0.1, -0.05) is 19.8 Å². The van der Waals surface area contributed by atoms with Crippen molar-refractivity contribution in [2.24, 2.45) is 5.41 Å². The van der Waals surface area contributed by atoms with Gasteiger partial charge in [0.1, 0.15) is 6.54 Å². The first-order chi connectivity index (χ1) is 8.38. The fraction of sp³-hybridized carbons (Fsp3) is 0.692. The van der Waals surface area contributed by atoms with E-state index in [1.807, 2.05) is 13.8 Å². The summed E-state index contributed by atoms with van der Waals surface area (Å²) in [5.74, 6) is 1.06. The number of piperidine rings is 1. The Morgan fingerprint density at radius 3 is 2.72 bits per heavy atom. The molecule has 5 heteroatoms. The minimum Gasteiger partial charge on any atom is -0.480 e. The average Bonchev–Trinajstić information content (AvgIpc) is 2.26.